The second-order valence-electron chi connectivity index (χ2n) is 3.14. The first kappa shape index (κ1) is 9.98. The maximum atomic E-state index is 5.61. The summed E-state index contributed by atoms with van der Waals surface area (Å²) in [5.74, 6) is 1.16. The fraction of sp³-hybridized carbons (Fsp3) is 0.0909. The van der Waals surface area contributed by atoms with Crippen molar-refractivity contribution in [2.24, 2.45) is 0 Å². The number of pyridine rings is 2. The molecule has 0 atom stereocenters. The van der Waals surface area contributed by atoms with Gasteiger partial charge in [0.1, 0.15) is 5.82 Å². The Morgan fingerprint density at radius 2 is 2.07 bits per heavy atom. The van der Waals surface area contributed by atoms with Crippen molar-refractivity contribution in [1.82, 2.24) is 9.97 Å². The summed E-state index contributed by atoms with van der Waals surface area (Å²) in [6.45, 7) is 0. The summed E-state index contributed by atoms with van der Waals surface area (Å²) in [5.41, 5.74) is 8.36. The Morgan fingerprint density at radius 1 is 1.20 bits per heavy atom. The van der Waals surface area contributed by atoms with Gasteiger partial charge >= 0.3 is 0 Å². The minimum atomic E-state index is 0.519. The molecule has 0 aromatic carbocycles. The summed E-state index contributed by atoms with van der Waals surface area (Å²) in [4.78, 5) is 8.46. The van der Waals surface area contributed by atoms with E-state index in [4.69, 9.17) is 5.73 Å². The van der Waals surface area contributed by atoms with E-state index < -0.39 is 0 Å². The minimum Gasteiger partial charge on any atom is -0.384 e. The number of hydrogen-bond donors (Lipinski definition) is 2. The SMILES string of the molecule is Nc1cccc(-c2ccc(CS)nc2)n1. The number of anilines is 1. The van der Waals surface area contributed by atoms with Crippen LogP contribution in [0, 0.1) is 0 Å². The Balaban J connectivity index is 2.37. The van der Waals surface area contributed by atoms with Crippen LogP contribution < -0.4 is 5.73 Å². The van der Waals surface area contributed by atoms with Crippen LogP contribution >= 0.6 is 12.6 Å². The summed E-state index contributed by atoms with van der Waals surface area (Å²) in [6.07, 6.45) is 1.79. The summed E-state index contributed by atoms with van der Waals surface area (Å²) < 4.78 is 0. The molecule has 0 saturated carbocycles. The quantitative estimate of drug-likeness (QED) is 0.758. The number of thiol groups is 1. The molecule has 0 aliphatic carbocycles. The van der Waals surface area contributed by atoms with Gasteiger partial charge in [-0.05, 0) is 24.3 Å². The Kier molecular flexibility index (Phi) is 2.87. The van der Waals surface area contributed by atoms with Gasteiger partial charge in [-0.2, -0.15) is 12.6 Å². The Morgan fingerprint density at radius 3 is 2.67 bits per heavy atom. The molecule has 2 heterocycles. The van der Waals surface area contributed by atoms with Crippen LogP contribution in [0.25, 0.3) is 11.3 Å². The minimum absolute atomic E-state index is 0.519. The molecule has 4 heteroatoms. The van der Waals surface area contributed by atoms with E-state index in [1.807, 2.05) is 24.3 Å². The molecule has 2 N–H and O–H groups in total. The topological polar surface area (TPSA) is 51.8 Å². The van der Waals surface area contributed by atoms with Crippen LogP contribution in [0.1, 0.15) is 5.69 Å². The molecule has 0 aliphatic heterocycles. The summed E-state index contributed by atoms with van der Waals surface area (Å²) in [7, 11) is 0. The summed E-state index contributed by atoms with van der Waals surface area (Å²) >= 11 is 4.15. The van der Waals surface area contributed by atoms with Crippen LogP contribution in [0.3, 0.4) is 0 Å². The first-order valence-corrected chi connectivity index (χ1v) is 5.21. The zero-order valence-electron chi connectivity index (χ0n) is 8.09. The smallest absolute Gasteiger partial charge is 0.124 e. The van der Waals surface area contributed by atoms with Crippen molar-refractivity contribution >= 4 is 18.4 Å². The third kappa shape index (κ3) is 2.27. The lowest BCUT2D eigenvalue weighted by Gasteiger charge is -2.02. The van der Waals surface area contributed by atoms with Crippen LogP contribution in [-0.2, 0) is 5.75 Å². The zero-order valence-corrected chi connectivity index (χ0v) is 8.98. The van der Waals surface area contributed by atoms with Gasteiger partial charge in [-0.1, -0.05) is 6.07 Å². The van der Waals surface area contributed by atoms with Gasteiger partial charge in [-0.15, -0.1) is 0 Å². The number of rotatable bonds is 2. The van der Waals surface area contributed by atoms with Crippen molar-refractivity contribution in [3.8, 4) is 11.3 Å². The van der Waals surface area contributed by atoms with Gasteiger partial charge < -0.3 is 5.73 Å². The lowest BCUT2D eigenvalue weighted by Crippen LogP contribution is -1.92. The highest BCUT2D eigenvalue weighted by atomic mass is 32.1. The number of nitrogens with zero attached hydrogens (tertiary/aromatic N) is 2. The standard InChI is InChI=1S/C11H11N3S/c12-11-3-1-2-10(14-11)8-4-5-9(7-15)13-6-8/h1-6,15H,7H2,(H2,12,14). The molecule has 0 unspecified atom stereocenters. The fourth-order valence-electron chi connectivity index (χ4n) is 1.28. The molecule has 0 aliphatic rings. The molecule has 2 rings (SSSR count). The predicted molar refractivity (Wildman–Crippen MR) is 64.6 cm³/mol. The monoisotopic (exact) mass is 217 g/mol. The molecule has 2 aromatic heterocycles. The van der Waals surface area contributed by atoms with E-state index in [0.29, 0.717) is 11.6 Å². The average molecular weight is 217 g/mol. The predicted octanol–water partition coefficient (Wildman–Crippen LogP) is 2.16. The van der Waals surface area contributed by atoms with Gasteiger partial charge in [0.2, 0.25) is 0 Å². The van der Waals surface area contributed by atoms with Crippen molar-refractivity contribution < 1.29 is 0 Å². The summed E-state index contributed by atoms with van der Waals surface area (Å²) in [6, 6.07) is 9.46. The number of aromatic nitrogens is 2. The van der Waals surface area contributed by atoms with Gasteiger partial charge in [0.05, 0.1) is 5.69 Å². The molecule has 0 spiro atoms. The van der Waals surface area contributed by atoms with Gasteiger partial charge in [-0.3, -0.25) is 4.98 Å². The zero-order chi connectivity index (χ0) is 10.7. The van der Waals surface area contributed by atoms with Crippen molar-refractivity contribution in [1.29, 1.82) is 0 Å². The molecular formula is C11H11N3S. The molecule has 0 fully saturated rings. The maximum Gasteiger partial charge on any atom is 0.124 e. The average Bonchev–Trinajstić information content (AvgIpc) is 2.29. The maximum absolute atomic E-state index is 5.61. The van der Waals surface area contributed by atoms with Gasteiger partial charge in [0.25, 0.3) is 0 Å². The van der Waals surface area contributed by atoms with Crippen molar-refractivity contribution in [2.75, 3.05) is 5.73 Å². The highest BCUT2D eigenvalue weighted by molar-refractivity contribution is 7.79. The lowest BCUT2D eigenvalue weighted by atomic mass is 10.2. The lowest BCUT2D eigenvalue weighted by molar-refractivity contribution is 1.17. The van der Waals surface area contributed by atoms with Crippen LogP contribution in [0.15, 0.2) is 36.5 Å². The number of nitrogen functional groups attached to an aromatic ring is 1. The Bertz CT molecular complexity index is 454. The normalized spacial score (nSPS) is 10.2. The first-order valence-electron chi connectivity index (χ1n) is 4.58. The van der Waals surface area contributed by atoms with E-state index in [1.165, 1.54) is 0 Å². The van der Waals surface area contributed by atoms with Crippen molar-refractivity contribution in [2.45, 2.75) is 5.75 Å². The molecule has 0 saturated heterocycles. The number of hydrogen-bond acceptors (Lipinski definition) is 4. The molecule has 2 aromatic rings. The third-order valence-electron chi connectivity index (χ3n) is 2.05. The second-order valence-corrected chi connectivity index (χ2v) is 3.46. The van der Waals surface area contributed by atoms with E-state index in [9.17, 15) is 0 Å². The fourth-order valence-corrected chi connectivity index (χ4v) is 1.47. The first-order chi connectivity index (χ1) is 7.29. The van der Waals surface area contributed by atoms with Crippen LogP contribution in [0.5, 0.6) is 0 Å². The Hall–Kier alpha value is -1.55. The molecule has 0 radical (unpaired) electrons. The van der Waals surface area contributed by atoms with Gasteiger partial charge in [0, 0.05) is 23.2 Å². The van der Waals surface area contributed by atoms with Crippen molar-refractivity contribution in [3.63, 3.8) is 0 Å². The molecule has 0 amide bonds. The van der Waals surface area contributed by atoms with E-state index in [0.717, 1.165) is 17.0 Å². The van der Waals surface area contributed by atoms with Crippen LogP contribution in [0.2, 0.25) is 0 Å². The van der Waals surface area contributed by atoms with Crippen LogP contribution in [-0.4, -0.2) is 9.97 Å². The molecule has 0 bridgehead atoms. The van der Waals surface area contributed by atoms with Gasteiger partial charge in [-0.25, -0.2) is 4.98 Å². The number of nitrogens with two attached hydrogens (primary N) is 1. The van der Waals surface area contributed by atoms with Gasteiger partial charge in [0.15, 0.2) is 0 Å². The van der Waals surface area contributed by atoms with E-state index in [2.05, 4.69) is 22.6 Å². The molecule has 3 nitrogen and oxygen atoms in total. The summed E-state index contributed by atoms with van der Waals surface area (Å²) in [5, 5.41) is 0. The van der Waals surface area contributed by atoms with E-state index >= 15 is 0 Å². The Labute approximate surface area is 93.8 Å². The van der Waals surface area contributed by atoms with E-state index in [1.54, 1.807) is 12.3 Å². The molecular weight excluding hydrogens is 206 g/mol. The molecule has 15 heavy (non-hydrogen) atoms. The molecule has 76 valence electrons. The third-order valence-corrected chi connectivity index (χ3v) is 2.38. The second kappa shape index (κ2) is 4.31. The van der Waals surface area contributed by atoms with E-state index in [-0.39, 0.29) is 0 Å². The van der Waals surface area contributed by atoms with Crippen LogP contribution in [0.4, 0.5) is 5.82 Å². The highest BCUT2D eigenvalue weighted by Crippen LogP contribution is 2.17. The largest absolute Gasteiger partial charge is 0.384 e. The highest BCUT2D eigenvalue weighted by Gasteiger charge is 2.00. The van der Waals surface area contributed by atoms with Crippen molar-refractivity contribution in [3.05, 3.63) is 42.2 Å².